The van der Waals surface area contributed by atoms with Crippen molar-refractivity contribution >= 4 is 5.97 Å². The van der Waals surface area contributed by atoms with Crippen LogP contribution in [0.25, 0.3) is 0 Å². The fourth-order valence-electron chi connectivity index (χ4n) is 4.42. The van der Waals surface area contributed by atoms with Crippen LogP contribution in [0.15, 0.2) is 12.2 Å². The highest BCUT2D eigenvalue weighted by atomic mass is 16.7. The van der Waals surface area contributed by atoms with E-state index in [0.717, 1.165) is 11.8 Å². The number of esters is 1. The summed E-state index contributed by atoms with van der Waals surface area (Å²) in [6.07, 6.45) is 5.64. The van der Waals surface area contributed by atoms with Gasteiger partial charge >= 0.3 is 5.97 Å². The van der Waals surface area contributed by atoms with E-state index in [1.165, 1.54) is 25.7 Å². The summed E-state index contributed by atoms with van der Waals surface area (Å²) in [5, 5.41) is 0. The smallest absolute Gasteiger partial charge is 0.335 e. The topological polar surface area (TPSA) is 35.5 Å². The molecular weight excluding hydrogens is 228 g/mol. The van der Waals surface area contributed by atoms with Crippen LogP contribution in [0.4, 0.5) is 0 Å². The number of ether oxygens (including phenoxy) is 2. The lowest BCUT2D eigenvalue weighted by atomic mass is 9.77. The zero-order valence-corrected chi connectivity index (χ0v) is 11.3. The Balaban J connectivity index is 1.53. The Morgan fingerprint density at radius 3 is 2.89 bits per heavy atom. The van der Waals surface area contributed by atoms with Gasteiger partial charge in [0.2, 0.25) is 0 Å². The van der Waals surface area contributed by atoms with Crippen LogP contribution < -0.4 is 0 Å². The van der Waals surface area contributed by atoms with E-state index < -0.39 is 0 Å². The molecule has 0 N–H and O–H groups in total. The standard InChI is InChI=1S/C15H22O3/c1-9(2)14(16)18-8-17-13-11-4-10(3)5-15(6-11)7-12(13)15/h10-13H,1,4-8H2,2-3H3. The molecule has 3 aliphatic carbocycles. The van der Waals surface area contributed by atoms with Crippen molar-refractivity contribution in [2.24, 2.45) is 23.2 Å². The zero-order valence-electron chi connectivity index (χ0n) is 11.3. The Morgan fingerprint density at radius 1 is 1.39 bits per heavy atom. The van der Waals surface area contributed by atoms with Crippen LogP contribution in [0.5, 0.6) is 0 Å². The predicted molar refractivity (Wildman–Crippen MR) is 67.7 cm³/mol. The molecule has 0 aromatic carbocycles. The summed E-state index contributed by atoms with van der Waals surface area (Å²) in [6.45, 7) is 7.66. The minimum absolute atomic E-state index is 0.0911. The summed E-state index contributed by atoms with van der Waals surface area (Å²) >= 11 is 0. The number of rotatable bonds is 4. The molecule has 3 heteroatoms. The Labute approximate surface area is 109 Å². The lowest BCUT2D eigenvalue weighted by molar-refractivity contribution is -0.159. The van der Waals surface area contributed by atoms with Crippen molar-refractivity contribution in [1.82, 2.24) is 0 Å². The molecule has 2 bridgehead atoms. The van der Waals surface area contributed by atoms with Gasteiger partial charge in [0.15, 0.2) is 6.79 Å². The summed E-state index contributed by atoms with van der Waals surface area (Å²) in [7, 11) is 0. The van der Waals surface area contributed by atoms with E-state index in [0.29, 0.717) is 23.0 Å². The minimum Gasteiger partial charge on any atom is -0.435 e. The molecule has 18 heavy (non-hydrogen) atoms. The van der Waals surface area contributed by atoms with Crippen molar-refractivity contribution in [1.29, 1.82) is 0 Å². The van der Waals surface area contributed by atoms with Crippen molar-refractivity contribution in [3.05, 3.63) is 12.2 Å². The molecule has 0 amide bonds. The average molecular weight is 250 g/mol. The first-order valence-electron chi connectivity index (χ1n) is 6.96. The predicted octanol–water partition coefficient (Wildman–Crippen LogP) is 2.90. The van der Waals surface area contributed by atoms with Gasteiger partial charge in [-0.2, -0.15) is 0 Å². The second-order valence-corrected chi connectivity index (χ2v) is 6.64. The Bertz CT molecular complexity index is 389. The van der Waals surface area contributed by atoms with Crippen molar-refractivity contribution in [3.8, 4) is 0 Å². The van der Waals surface area contributed by atoms with Gasteiger partial charge in [0.25, 0.3) is 0 Å². The number of carbonyl (C=O) groups is 1. The maximum absolute atomic E-state index is 11.3. The van der Waals surface area contributed by atoms with Gasteiger partial charge in [0.05, 0.1) is 6.10 Å². The highest BCUT2D eigenvalue weighted by Crippen LogP contribution is 2.72. The molecule has 0 aliphatic heterocycles. The largest absolute Gasteiger partial charge is 0.435 e. The third-order valence-corrected chi connectivity index (χ3v) is 5.04. The number of fused-ring (bicyclic) bond motifs is 1. The van der Waals surface area contributed by atoms with Crippen LogP contribution in [0.2, 0.25) is 0 Å². The first-order chi connectivity index (χ1) is 8.52. The summed E-state index contributed by atoms with van der Waals surface area (Å²) in [5.41, 5.74) is 1.03. The lowest BCUT2D eigenvalue weighted by Gasteiger charge is -2.30. The Kier molecular flexibility index (Phi) is 2.77. The van der Waals surface area contributed by atoms with Crippen LogP contribution in [-0.4, -0.2) is 18.9 Å². The van der Waals surface area contributed by atoms with Crippen LogP contribution in [0, 0.1) is 23.2 Å². The van der Waals surface area contributed by atoms with Crippen molar-refractivity contribution in [3.63, 3.8) is 0 Å². The zero-order chi connectivity index (χ0) is 12.9. The van der Waals surface area contributed by atoms with Crippen molar-refractivity contribution in [2.75, 3.05) is 6.79 Å². The fourth-order valence-corrected chi connectivity index (χ4v) is 4.42. The second kappa shape index (κ2) is 4.09. The van der Waals surface area contributed by atoms with Gasteiger partial charge in [-0.1, -0.05) is 13.5 Å². The summed E-state index contributed by atoms with van der Waals surface area (Å²) in [4.78, 5) is 11.3. The summed E-state index contributed by atoms with van der Waals surface area (Å²) in [6, 6.07) is 0. The van der Waals surface area contributed by atoms with E-state index >= 15 is 0 Å². The Morgan fingerprint density at radius 2 is 2.17 bits per heavy atom. The van der Waals surface area contributed by atoms with Gasteiger partial charge < -0.3 is 9.47 Å². The van der Waals surface area contributed by atoms with Crippen LogP contribution in [0.1, 0.15) is 39.5 Å². The molecule has 1 spiro atoms. The van der Waals surface area contributed by atoms with Crippen molar-refractivity contribution in [2.45, 2.75) is 45.6 Å². The second-order valence-electron chi connectivity index (χ2n) is 6.64. The van der Waals surface area contributed by atoms with Gasteiger partial charge in [0, 0.05) is 5.57 Å². The summed E-state index contributed by atoms with van der Waals surface area (Å²) in [5.74, 6) is 1.90. The first kappa shape index (κ1) is 12.2. The van der Waals surface area contributed by atoms with Crippen LogP contribution in [0.3, 0.4) is 0 Å². The highest BCUT2D eigenvalue weighted by Gasteiger charge is 2.67. The van der Waals surface area contributed by atoms with E-state index in [2.05, 4.69) is 13.5 Å². The fraction of sp³-hybridized carbons (Fsp3) is 0.800. The van der Waals surface area contributed by atoms with E-state index in [4.69, 9.17) is 9.47 Å². The van der Waals surface area contributed by atoms with E-state index in [1.807, 2.05) is 0 Å². The van der Waals surface area contributed by atoms with Crippen LogP contribution >= 0.6 is 0 Å². The maximum atomic E-state index is 11.3. The lowest BCUT2D eigenvalue weighted by Crippen LogP contribution is -2.27. The Hall–Kier alpha value is -0.830. The molecule has 0 saturated heterocycles. The average Bonchev–Trinajstić information content (AvgIpc) is 2.89. The van der Waals surface area contributed by atoms with E-state index in [-0.39, 0.29) is 12.8 Å². The molecule has 5 atom stereocenters. The third-order valence-electron chi connectivity index (χ3n) is 5.04. The minimum atomic E-state index is -0.352. The molecule has 3 rings (SSSR count). The molecule has 0 heterocycles. The monoisotopic (exact) mass is 250 g/mol. The number of hydrogen-bond acceptors (Lipinski definition) is 3. The molecule has 5 unspecified atom stereocenters. The van der Waals surface area contributed by atoms with Gasteiger partial charge in [-0.05, 0) is 55.8 Å². The third kappa shape index (κ3) is 1.89. The normalized spacial score (nSPS) is 44.3. The van der Waals surface area contributed by atoms with Crippen molar-refractivity contribution < 1.29 is 14.3 Å². The van der Waals surface area contributed by atoms with Gasteiger partial charge in [-0.25, -0.2) is 4.79 Å². The van der Waals surface area contributed by atoms with E-state index in [9.17, 15) is 4.79 Å². The number of carbonyl (C=O) groups excluding carboxylic acids is 1. The quantitative estimate of drug-likeness (QED) is 0.437. The molecule has 3 saturated carbocycles. The van der Waals surface area contributed by atoms with Gasteiger partial charge in [-0.15, -0.1) is 0 Å². The molecule has 100 valence electrons. The highest BCUT2D eigenvalue weighted by molar-refractivity contribution is 5.86. The van der Waals surface area contributed by atoms with E-state index in [1.54, 1.807) is 6.92 Å². The maximum Gasteiger partial charge on any atom is 0.335 e. The molecule has 0 aromatic rings. The van der Waals surface area contributed by atoms with Gasteiger partial charge in [-0.3, -0.25) is 0 Å². The molecule has 3 nitrogen and oxygen atoms in total. The number of hydrogen-bond donors (Lipinski definition) is 0. The molecule has 3 fully saturated rings. The molecular formula is C15H22O3. The molecule has 0 radical (unpaired) electrons. The van der Waals surface area contributed by atoms with Crippen LogP contribution in [-0.2, 0) is 14.3 Å². The molecule has 0 aromatic heterocycles. The van der Waals surface area contributed by atoms with Gasteiger partial charge in [0.1, 0.15) is 0 Å². The molecule has 3 aliphatic rings. The SMILES string of the molecule is C=C(C)C(=O)OCOC1C2CC(C)CC3(C2)CC13. The summed E-state index contributed by atoms with van der Waals surface area (Å²) < 4.78 is 10.9. The first-order valence-corrected chi connectivity index (χ1v) is 6.96.